The summed E-state index contributed by atoms with van der Waals surface area (Å²) in [7, 11) is 1.70. The van der Waals surface area contributed by atoms with Crippen LogP contribution in [-0.4, -0.2) is 38.2 Å². The zero-order chi connectivity index (χ0) is 12.8. The van der Waals surface area contributed by atoms with Gasteiger partial charge in [-0.15, -0.1) is 12.4 Å². The Balaban J connectivity index is 0.00000180. The minimum absolute atomic E-state index is 0. The summed E-state index contributed by atoms with van der Waals surface area (Å²) in [6.45, 7) is 4.42. The Labute approximate surface area is 122 Å². The molecule has 0 amide bonds. The molecule has 1 heterocycles. The molecule has 1 fully saturated rings. The molecule has 0 atom stereocenters. The number of rotatable bonds is 5. The maximum atomic E-state index is 5.71. The van der Waals surface area contributed by atoms with Gasteiger partial charge in [0.05, 0.1) is 7.11 Å². The minimum atomic E-state index is 0. The summed E-state index contributed by atoms with van der Waals surface area (Å²) in [5.41, 5.74) is 7.10. The number of hydrogen-bond donors (Lipinski definition) is 1. The van der Waals surface area contributed by atoms with Gasteiger partial charge in [-0.25, -0.2) is 0 Å². The van der Waals surface area contributed by atoms with Crippen molar-refractivity contribution in [3.8, 4) is 5.75 Å². The normalized spacial score (nSPS) is 16.9. The minimum Gasteiger partial charge on any atom is -0.497 e. The van der Waals surface area contributed by atoms with Crippen LogP contribution in [-0.2, 0) is 6.42 Å². The lowest BCUT2D eigenvalue weighted by atomic mass is 9.97. The summed E-state index contributed by atoms with van der Waals surface area (Å²) in [5, 5.41) is 0. The monoisotopic (exact) mass is 284 g/mol. The highest BCUT2D eigenvalue weighted by molar-refractivity contribution is 5.85. The van der Waals surface area contributed by atoms with Gasteiger partial charge in [0, 0.05) is 6.54 Å². The standard InChI is InChI=1S/C15H24N2O.ClH/c1-18-15-4-2-13(3-5-15)6-9-17-10-7-14(12-16)8-11-17;/h2-5,14H,6-12,16H2,1H3;1H. The van der Waals surface area contributed by atoms with Crippen LogP contribution in [0.5, 0.6) is 5.75 Å². The third kappa shape index (κ3) is 5.01. The summed E-state index contributed by atoms with van der Waals surface area (Å²) < 4.78 is 5.17. The summed E-state index contributed by atoms with van der Waals surface area (Å²) in [6, 6.07) is 8.39. The van der Waals surface area contributed by atoms with Crippen LogP contribution < -0.4 is 10.5 Å². The molecule has 19 heavy (non-hydrogen) atoms. The fraction of sp³-hybridized carbons (Fsp3) is 0.600. The van der Waals surface area contributed by atoms with Crippen molar-refractivity contribution in [1.29, 1.82) is 0 Å². The van der Waals surface area contributed by atoms with Gasteiger partial charge in [0.2, 0.25) is 0 Å². The molecule has 0 aromatic heterocycles. The van der Waals surface area contributed by atoms with Gasteiger partial charge in [0.1, 0.15) is 5.75 Å². The van der Waals surface area contributed by atoms with Crippen LogP contribution in [0.3, 0.4) is 0 Å². The zero-order valence-corrected chi connectivity index (χ0v) is 12.5. The Morgan fingerprint density at radius 2 is 1.84 bits per heavy atom. The third-order valence-electron chi connectivity index (χ3n) is 3.92. The Morgan fingerprint density at radius 3 is 2.37 bits per heavy atom. The lowest BCUT2D eigenvalue weighted by Gasteiger charge is -2.31. The van der Waals surface area contributed by atoms with Gasteiger partial charge < -0.3 is 15.4 Å². The Bertz CT molecular complexity index is 348. The van der Waals surface area contributed by atoms with Gasteiger partial charge in [-0.2, -0.15) is 0 Å². The average Bonchev–Trinajstić information content (AvgIpc) is 2.46. The van der Waals surface area contributed by atoms with E-state index in [-0.39, 0.29) is 12.4 Å². The van der Waals surface area contributed by atoms with Crippen LogP contribution in [0.2, 0.25) is 0 Å². The topological polar surface area (TPSA) is 38.5 Å². The molecule has 1 aromatic rings. The van der Waals surface area contributed by atoms with Crippen LogP contribution >= 0.6 is 12.4 Å². The maximum Gasteiger partial charge on any atom is 0.118 e. The number of benzene rings is 1. The Kier molecular flexibility index (Phi) is 7.21. The molecule has 0 saturated carbocycles. The molecule has 2 N–H and O–H groups in total. The van der Waals surface area contributed by atoms with Gasteiger partial charge in [0.25, 0.3) is 0 Å². The Morgan fingerprint density at radius 1 is 1.21 bits per heavy atom. The summed E-state index contributed by atoms with van der Waals surface area (Å²) in [5.74, 6) is 1.68. The van der Waals surface area contributed by atoms with E-state index in [4.69, 9.17) is 10.5 Å². The predicted molar refractivity (Wildman–Crippen MR) is 82.2 cm³/mol. The summed E-state index contributed by atoms with van der Waals surface area (Å²) >= 11 is 0. The number of methoxy groups -OCH3 is 1. The number of piperidine rings is 1. The van der Waals surface area contributed by atoms with E-state index in [1.807, 2.05) is 12.1 Å². The second kappa shape index (κ2) is 8.41. The summed E-state index contributed by atoms with van der Waals surface area (Å²) in [6.07, 6.45) is 3.65. The molecule has 0 radical (unpaired) electrons. The lowest BCUT2D eigenvalue weighted by molar-refractivity contribution is 0.189. The van der Waals surface area contributed by atoms with Crippen molar-refractivity contribution >= 4 is 12.4 Å². The number of nitrogens with zero attached hydrogens (tertiary/aromatic N) is 1. The summed E-state index contributed by atoms with van der Waals surface area (Å²) in [4.78, 5) is 2.55. The third-order valence-corrected chi connectivity index (χ3v) is 3.92. The molecular weight excluding hydrogens is 260 g/mol. The molecule has 0 aliphatic carbocycles. The van der Waals surface area contributed by atoms with Crippen LogP contribution in [0.25, 0.3) is 0 Å². The second-order valence-electron chi connectivity index (χ2n) is 5.12. The van der Waals surface area contributed by atoms with Crippen molar-refractivity contribution in [2.75, 3.05) is 33.3 Å². The molecule has 1 aliphatic rings. The highest BCUT2D eigenvalue weighted by Crippen LogP contribution is 2.17. The largest absolute Gasteiger partial charge is 0.497 e. The molecule has 2 rings (SSSR count). The Hall–Kier alpha value is -0.770. The predicted octanol–water partition coefficient (Wildman–Crippen LogP) is 2.33. The number of hydrogen-bond acceptors (Lipinski definition) is 3. The number of nitrogens with two attached hydrogens (primary N) is 1. The smallest absolute Gasteiger partial charge is 0.118 e. The zero-order valence-electron chi connectivity index (χ0n) is 11.7. The lowest BCUT2D eigenvalue weighted by Crippen LogP contribution is -2.37. The molecule has 3 nitrogen and oxygen atoms in total. The van der Waals surface area contributed by atoms with Crippen LogP contribution in [0, 0.1) is 5.92 Å². The van der Waals surface area contributed by atoms with E-state index in [1.165, 1.54) is 31.5 Å². The first-order valence-electron chi connectivity index (χ1n) is 6.87. The first-order chi connectivity index (χ1) is 8.81. The van der Waals surface area contributed by atoms with Crippen molar-refractivity contribution in [3.63, 3.8) is 0 Å². The fourth-order valence-electron chi connectivity index (χ4n) is 2.53. The van der Waals surface area contributed by atoms with Crippen molar-refractivity contribution in [2.24, 2.45) is 11.7 Å². The van der Waals surface area contributed by atoms with Crippen LogP contribution in [0.4, 0.5) is 0 Å². The molecule has 0 bridgehead atoms. The van der Waals surface area contributed by atoms with Crippen molar-refractivity contribution < 1.29 is 4.74 Å². The molecule has 108 valence electrons. The fourth-order valence-corrected chi connectivity index (χ4v) is 2.53. The van der Waals surface area contributed by atoms with E-state index in [9.17, 15) is 0 Å². The van der Waals surface area contributed by atoms with Crippen molar-refractivity contribution in [1.82, 2.24) is 4.90 Å². The molecule has 0 spiro atoms. The van der Waals surface area contributed by atoms with E-state index in [0.717, 1.165) is 31.2 Å². The molecule has 1 aliphatic heterocycles. The van der Waals surface area contributed by atoms with Gasteiger partial charge in [-0.1, -0.05) is 12.1 Å². The highest BCUT2D eigenvalue weighted by atomic mass is 35.5. The van der Waals surface area contributed by atoms with Gasteiger partial charge in [-0.3, -0.25) is 0 Å². The molecular formula is C15H25ClN2O. The van der Waals surface area contributed by atoms with E-state index in [2.05, 4.69) is 17.0 Å². The molecule has 1 saturated heterocycles. The molecule has 1 aromatic carbocycles. The van der Waals surface area contributed by atoms with Crippen LogP contribution in [0.15, 0.2) is 24.3 Å². The number of ether oxygens (including phenoxy) is 1. The van der Waals surface area contributed by atoms with Gasteiger partial charge in [-0.05, 0) is 62.5 Å². The van der Waals surface area contributed by atoms with Crippen molar-refractivity contribution in [3.05, 3.63) is 29.8 Å². The first-order valence-corrected chi connectivity index (χ1v) is 6.87. The van der Waals surface area contributed by atoms with Crippen LogP contribution in [0.1, 0.15) is 18.4 Å². The number of likely N-dealkylation sites (tertiary alicyclic amines) is 1. The van der Waals surface area contributed by atoms with E-state index >= 15 is 0 Å². The molecule has 4 heteroatoms. The van der Waals surface area contributed by atoms with E-state index < -0.39 is 0 Å². The second-order valence-corrected chi connectivity index (χ2v) is 5.12. The average molecular weight is 285 g/mol. The highest BCUT2D eigenvalue weighted by Gasteiger charge is 2.17. The first kappa shape index (κ1) is 16.3. The van der Waals surface area contributed by atoms with Gasteiger partial charge >= 0.3 is 0 Å². The maximum absolute atomic E-state index is 5.71. The quantitative estimate of drug-likeness (QED) is 0.902. The number of halogens is 1. The van der Waals surface area contributed by atoms with Crippen molar-refractivity contribution in [2.45, 2.75) is 19.3 Å². The van der Waals surface area contributed by atoms with E-state index in [0.29, 0.717) is 0 Å². The van der Waals surface area contributed by atoms with Gasteiger partial charge in [0.15, 0.2) is 0 Å². The molecule has 0 unspecified atom stereocenters. The SMILES string of the molecule is COc1ccc(CCN2CCC(CN)CC2)cc1.Cl. The van der Waals surface area contributed by atoms with E-state index in [1.54, 1.807) is 7.11 Å².